The molecule has 0 aliphatic rings. The predicted molar refractivity (Wildman–Crippen MR) is 140 cm³/mol. The van der Waals surface area contributed by atoms with Crippen LogP contribution in [0.3, 0.4) is 0 Å². The van der Waals surface area contributed by atoms with Gasteiger partial charge in [-0.3, -0.25) is 9.78 Å². The Hall–Kier alpha value is -3.01. The summed E-state index contributed by atoms with van der Waals surface area (Å²) in [5.74, 6) is -1.16. The molecule has 3 heterocycles. The van der Waals surface area contributed by atoms with Gasteiger partial charge < -0.3 is 4.40 Å². The molecule has 4 rings (SSSR count). The molecule has 0 radical (unpaired) electrons. The molecule has 3 aromatic heterocycles. The zero-order valence-corrected chi connectivity index (χ0v) is 22.2. The van der Waals surface area contributed by atoms with Gasteiger partial charge in [0.2, 0.25) is 5.78 Å². The van der Waals surface area contributed by atoms with E-state index in [9.17, 15) is 21.6 Å². The van der Waals surface area contributed by atoms with Crippen molar-refractivity contribution < 1.29 is 21.6 Å². The number of nitrogens with zero attached hydrogens (tertiary/aromatic N) is 2. The summed E-state index contributed by atoms with van der Waals surface area (Å²) in [5.41, 5.74) is 1.59. The third-order valence-electron chi connectivity index (χ3n) is 5.75. The molecular formula is C26H25ClN2O5S2. The van der Waals surface area contributed by atoms with Crippen molar-refractivity contribution >= 4 is 42.6 Å². The second-order valence-corrected chi connectivity index (χ2v) is 12.9. The van der Waals surface area contributed by atoms with Gasteiger partial charge in [0, 0.05) is 29.2 Å². The smallest absolute Gasteiger partial charge is 0.211 e. The Morgan fingerprint density at radius 2 is 1.42 bits per heavy atom. The van der Waals surface area contributed by atoms with Crippen molar-refractivity contribution in [2.75, 3.05) is 11.5 Å². The van der Waals surface area contributed by atoms with E-state index < -0.39 is 30.4 Å². The molecule has 0 bridgehead atoms. The lowest BCUT2D eigenvalue weighted by Crippen LogP contribution is -2.17. The Labute approximate surface area is 215 Å². The van der Waals surface area contributed by atoms with E-state index in [0.717, 1.165) is 5.56 Å². The summed E-state index contributed by atoms with van der Waals surface area (Å²) in [7, 11) is -8.19. The van der Waals surface area contributed by atoms with E-state index in [1.165, 1.54) is 28.7 Å². The Morgan fingerprint density at radius 1 is 0.833 bits per heavy atom. The minimum absolute atomic E-state index is 0.143. The molecule has 0 aliphatic heterocycles. The summed E-state index contributed by atoms with van der Waals surface area (Å²) in [6.07, 6.45) is 5.32. The van der Waals surface area contributed by atoms with Gasteiger partial charge in [-0.2, -0.15) is 0 Å². The molecule has 36 heavy (non-hydrogen) atoms. The number of carbonyl (C=O) groups excluding carboxylic acids is 1. The molecule has 0 atom stereocenters. The first-order valence-corrected chi connectivity index (χ1v) is 15.1. The number of hydrogen-bond donors (Lipinski definition) is 0. The predicted octanol–water partition coefficient (Wildman–Crippen LogP) is 5.25. The van der Waals surface area contributed by atoms with Crippen molar-refractivity contribution in [2.24, 2.45) is 0 Å². The number of ketones is 1. The molecule has 10 heteroatoms. The van der Waals surface area contributed by atoms with E-state index in [1.807, 2.05) is 0 Å². The molecular weight excluding hydrogens is 520 g/mol. The van der Waals surface area contributed by atoms with E-state index in [-0.39, 0.29) is 46.0 Å². The van der Waals surface area contributed by atoms with Gasteiger partial charge in [0.05, 0.1) is 17.0 Å². The van der Waals surface area contributed by atoms with Crippen molar-refractivity contribution in [3.63, 3.8) is 0 Å². The van der Waals surface area contributed by atoms with Gasteiger partial charge in [-0.05, 0) is 72.5 Å². The lowest BCUT2D eigenvalue weighted by atomic mass is 10.1. The Balaban J connectivity index is 2.16. The van der Waals surface area contributed by atoms with E-state index >= 15 is 0 Å². The number of pyridine rings is 2. The van der Waals surface area contributed by atoms with Crippen LogP contribution in [0.5, 0.6) is 0 Å². The summed E-state index contributed by atoms with van der Waals surface area (Å²) in [4.78, 5) is 17.0. The van der Waals surface area contributed by atoms with Crippen molar-refractivity contribution in [1.82, 2.24) is 9.38 Å². The minimum Gasteiger partial charge on any atom is -0.311 e. The zero-order valence-electron chi connectivity index (χ0n) is 19.8. The summed E-state index contributed by atoms with van der Waals surface area (Å²) in [5, 5.41) is 0.415. The first-order valence-electron chi connectivity index (χ1n) is 11.4. The van der Waals surface area contributed by atoms with Gasteiger partial charge in [0.1, 0.15) is 15.5 Å². The van der Waals surface area contributed by atoms with Crippen molar-refractivity contribution in [3.8, 4) is 11.1 Å². The largest absolute Gasteiger partial charge is 0.311 e. The van der Waals surface area contributed by atoms with E-state index in [4.69, 9.17) is 11.6 Å². The second-order valence-electron chi connectivity index (χ2n) is 8.39. The van der Waals surface area contributed by atoms with Crippen LogP contribution in [0.25, 0.3) is 16.6 Å². The van der Waals surface area contributed by atoms with E-state index in [2.05, 4.69) is 4.98 Å². The maximum atomic E-state index is 13.8. The SMILES string of the molecule is CCCS(=O)(=O)c1c(S(=O)(=O)CCC)c2cc(-c3ccncc3)ccn2c1C(=O)c1ccc(Cl)cc1. The first-order chi connectivity index (χ1) is 17.1. The van der Waals surface area contributed by atoms with E-state index in [1.54, 1.807) is 56.7 Å². The maximum Gasteiger partial charge on any atom is 0.211 e. The van der Waals surface area contributed by atoms with Gasteiger partial charge in [0.25, 0.3) is 0 Å². The van der Waals surface area contributed by atoms with Crippen LogP contribution < -0.4 is 0 Å². The molecule has 7 nitrogen and oxygen atoms in total. The number of benzene rings is 1. The number of fused-ring (bicyclic) bond motifs is 1. The molecule has 0 saturated carbocycles. The number of sulfone groups is 2. The van der Waals surface area contributed by atoms with Crippen molar-refractivity contribution in [3.05, 3.63) is 83.4 Å². The van der Waals surface area contributed by atoms with Crippen LogP contribution in [-0.2, 0) is 19.7 Å². The molecule has 0 amide bonds. The number of rotatable bonds is 9. The fraction of sp³-hybridized carbons (Fsp3) is 0.231. The topological polar surface area (TPSA) is 103 Å². The Morgan fingerprint density at radius 3 is 2.00 bits per heavy atom. The van der Waals surface area contributed by atoms with Crippen LogP contribution in [0.4, 0.5) is 0 Å². The zero-order chi connectivity index (χ0) is 26.1. The molecule has 0 saturated heterocycles. The first kappa shape index (κ1) is 26.1. The van der Waals surface area contributed by atoms with Gasteiger partial charge in [-0.15, -0.1) is 0 Å². The third kappa shape index (κ3) is 4.83. The van der Waals surface area contributed by atoms with Gasteiger partial charge in [-0.25, -0.2) is 16.8 Å². The summed E-state index contributed by atoms with van der Waals surface area (Å²) in [6, 6.07) is 12.9. The molecule has 0 fully saturated rings. The third-order valence-corrected chi connectivity index (χ3v) is 10.1. The van der Waals surface area contributed by atoms with Crippen LogP contribution in [-0.4, -0.2) is 43.5 Å². The highest BCUT2D eigenvalue weighted by Crippen LogP contribution is 2.37. The molecule has 0 N–H and O–H groups in total. The summed E-state index contributed by atoms with van der Waals surface area (Å²) in [6.45, 7) is 3.40. The van der Waals surface area contributed by atoms with Crippen LogP contribution in [0, 0.1) is 0 Å². The average Bonchev–Trinajstić information content (AvgIpc) is 3.21. The lowest BCUT2D eigenvalue weighted by Gasteiger charge is -2.09. The highest BCUT2D eigenvalue weighted by Gasteiger charge is 2.37. The van der Waals surface area contributed by atoms with Crippen LogP contribution in [0.1, 0.15) is 42.7 Å². The average molecular weight is 545 g/mol. The Kier molecular flexibility index (Phi) is 7.36. The lowest BCUT2D eigenvalue weighted by molar-refractivity contribution is 0.103. The molecule has 0 unspecified atom stereocenters. The van der Waals surface area contributed by atoms with Crippen LogP contribution in [0.15, 0.2) is 76.9 Å². The highest BCUT2D eigenvalue weighted by molar-refractivity contribution is 7.94. The number of halogens is 1. The maximum absolute atomic E-state index is 13.8. The van der Waals surface area contributed by atoms with E-state index in [0.29, 0.717) is 10.6 Å². The summed E-state index contributed by atoms with van der Waals surface area (Å²) >= 11 is 5.98. The Bertz CT molecular complexity index is 1640. The second kappa shape index (κ2) is 10.2. The summed E-state index contributed by atoms with van der Waals surface area (Å²) < 4.78 is 55.7. The number of carbonyl (C=O) groups is 1. The van der Waals surface area contributed by atoms with Gasteiger partial charge in [0.15, 0.2) is 19.7 Å². The normalized spacial score (nSPS) is 12.2. The highest BCUT2D eigenvalue weighted by atomic mass is 35.5. The fourth-order valence-corrected chi connectivity index (χ4v) is 8.31. The molecule has 4 aromatic rings. The van der Waals surface area contributed by atoms with Gasteiger partial charge in [-0.1, -0.05) is 25.4 Å². The molecule has 1 aromatic carbocycles. The monoisotopic (exact) mass is 544 g/mol. The molecule has 188 valence electrons. The minimum atomic E-state index is -4.13. The van der Waals surface area contributed by atoms with Crippen molar-refractivity contribution in [1.29, 1.82) is 0 Å². The fourth-order valence-electron chi connectivity index (χ4n) is 4.21. The van der Waals surface area contributed by atoms with Crippen LogP contribution in [0.2, 0.25) is 5.02 Å². The quantitative estimate of drug-likeness (QED) is 0.266. The number of aromatic nitrogens is 2. The standard InChI is InChI=1S/C26H25ClN2O5S2/c1-3-15-35(31,32)25-22-17-20(18-9-12-28-13-10-18)11-14-29(22)23(26(25)36(33,34)16-4-2)24(30)19-5-7-21(27)8-6-19/h5-14,17H,3-4,15-16H2,1-2H3. The molecule has 0 spiro atoms. The van der Waals surface area contributed by atoms with Crippen molar-refractivity contribution in [2.45, 2.75) is 36.5 Å². The van der Waals surface area contributed by atoms with Gasteiger partial charge >= 0.3 is 0 Å². The number of hydrogen-bond acceptors (Lipinski definition) is 6. The molecule has 0 aliphatic carbocycles. The van der Waals surface area contributed by atoms with Crippen LogP contribution >= 0.6 is 11.6 Å².